The van der Waals surface area contributed by atoms with Crippen LogP contribution in [-0.2, 0) is 6.42 Å². The largest absolute Gasteiger partial charge is 0.508 e. The van der Waals surface area contributed by atoms with E-state index in [0.717, 1.165) is 104 Å². The Balaban J connectivity index is 0.709. The number of aliphatic imine (C=N–C) groups is 1. The molecule has 4 aromatic heterocycles. The fourth-order valence-electron chi connectivity index (χ4n) is 8.86. The fraction of sp³-hybridized carbons (Fsp3) is 0.275. The number of hydrogen-bond acceptors (Lipinski definition) is 13. The zero-order chi connectivity index (χ0) is 44.6. The maximum absolute atomic E-state index is 14.0. The lowest BCUT2D eigenvalue weighted by atomic mass is 9.94. The number of aromatic hydroxyl groups is 2. The van der Waals surface area contributed by atoms with Crippen LogP contribution in [-0.4, -0.2) is 79.2 Å². The molecule has 0 aliphatic carbocycles. The summed E-state index contributed by atoms with van der Waals surface area (Å²) in [5.74, 6) is 4.58. The number of likely N-dealkylation sites (tertiary alicyclic amines) is 1. The average Bonchev–Trinajstić information content (AvgIpc) is 4.11. The lowest BCUT2D eigenvalue weighted by molar-refractivity contribution is 0.104. The minimum atomic E-state index is -0.318. The third kappa shape index (κ3) is 8.68. The minimum absolute atomic E-state index is 0.108. The smallest absolute Gasteiger partial charge is 0.196 e. The molecule has 6 heterocycles. The fourth-order valence-corrected chi connectivity index (χ4v) is 11.3. The lowest BCUT2D eigenvalue weighted by Gasteiger charge is -2.31. The maximum atomic E-state index is 14.0. The molecule has 2 aliphatic rings. The Bertz CT molecular complexity index is 3000. The number of phenols is 2. The van der Waals surface area contributed by atoms with E-state index in [1.54, 1.807) is 66.3 Å². The summed E-state index contributed by atoms with van der Waals surface area (Å²) in [5, 5.41) is 30.9. The summed E-state index contributed by atoms with van der Waals surface area (Å²) in [5.41, 5.74) is 6.21. The van der Waals surface area contributed by atoms with Gasteiger partial charge in [-0.15, -0.1) is 32.9 Å². The molecule has 10 rings (SSSR count). The van der Waals surface area contributed by atoms with E-state index >= 15 is 0 Å². The van der Waals surface area contributed by atoms with Crippen LogP contribution in [0.3, 0.4) is 0 Å². The number of phenolic OH excluding ortho intramolecular Hbond substituents is 2. The molecule has 0 radical (unpaired) electrons. The first-order valence-electron chi connectivity index (χ1n) is 21.9. The van der Waals surface area contributed by atoms with Crippen LogP contribution in [0, 0.1) is 26.7 Å². The van der Waals surface area contributed by atoms with Gasteiger partial charge in [0.15, 0.2) is 17.5 Å². The second kappa shape index (κ2) is 18.1. The van der Waals surface area contributed by atoms with Gasteiger partial charge in [0, 0.05) is 48.6 Å². The van der Waals surface area contributed by atoms with Crippen molar-refractivity contribution < 1.29 is 28.9 Å². The zero-order valence-corrected chi connectivity index (χ0v) is 38.0. The van der Waals surface area contributed by atoms with Crippen molar-refractivity contribution in [1.29, 1.82) is 0 Å². The van der Waals surface area contributed by atoms with Gasteiger partial charge < -0.3 is 24.1 Å². The SMILES string of the molecule is Cc1sc2c(c1C)C(c1ccc(OCCC3CCN(CCOc4ccc(C(=O)c5c(-c6ccc(O)cc6)sc6cc(O)ccc56)cc4)CC3)cc1)=N[C@@H](Cc1ncco1)c1nnc(C)n1-2. The van der Waals surface area contributed by atoms with Crippen molar-refractivity contribution in [3.05, 3.63) is 154 Å². The number of thiophene rings is 2. The number of piperidine rings is 1. The van der Waals surface area contributed by atoms with E-state index in [0.29, 0.717) is 42.6 Å². The number of hydrogen-bond donors (Lipinski definition) is 2. The molecule has 1 saturated heterocycles. The van der Waals surface area contributed by atoms with Gasteiger partial charge in [-0.05, 0) is 161 Å². The number of ketones is 1. The van der Waals surface area contributed by atoms with Crippen LogP contribution < -0.4 is 9.47 Å². The Kier molecular flexibility index (Phi) is 11.8. The van der Waals surface area contributed by atoms with Gasteiger partial charge in [0.1, 0.15) is 52.7 Å². The summed E-state index contributed by atoms with van der Waals surface area (Å²) in [6, 6.07) is 27.2. The van der Waals surface area contributed by atoms with Crippen molar-refractivity contribution in [3.8, 4) is 38.4 Å². The first-order chi connectivity index (χ1) is 31.7. The third-order valence-corrected chi connectivity index (χ3v) is 14.9. The molecule has 330 valence electrons. The number of fused-ring (bicyclic) bond motifs is 4. The van der Waals surface area contributed by atoms with E-state index in [4.69, 9.17) is 18.9 Å². The molecule has 0 bridgehead atoms. The predicted octanol–water partition coefficient (Wildman–Crippen LogP) is 10.5. The minimum Gasteiger partial charge on any atom is -0.508 e. The molecule has 1 fully saturated rings. The molecule has 8 aromatic rings. The average molecular weight is 905 g/mol. The molecule has 4 aromatic carbocycles. The Morgan fingerprint density at radius 1 is 0.831 bits per heavy atom. The van der Waals surface area contributed by atoms with E-state index in [-0.39, 0.29) is 23.3 Å². The van der Waals surface area contributed by atoms with Crippen LogP contribution >= 0.6 is 22.7 Å². The van der Waals surface area contributed by atoms with E-state index < -0.39 is 0 Å². The molecule has 1 atom stereocenters. The van der Waals surface area contributed by atoms with E-state index in [1.165, 1.54) is 21.8 Å². The monoisotopic (exact) mass is 904 g/mol. The Morgan fingerprint density at radius 2 is 1.54 bits per heavy atom. The van der Waals surface area contributed by atoms with Gasteiger partial charge >= 0.3 is 0 Å². The van der Waals surface area contributed by atoms with E-state index in [1.807, 2.05) is 43.3 Å². The molecular weight excluding hydrogens is 857 g/mol. The van der Waals surface area contributed by atoms with Crippen LogP contribution in [0.15, 0.2) is 113 Å². The summed E-state index contributed by atoms with van der Waals surface area (Å²) in [6.45, 7) is 10.4. The highest BCUT2D eigenvalue weighted by Gasteiger charge is 2.32. The molecule has 0 spiro atoms. The number of aromatic nitrogens is 4. The van der Waals surface area contributed by atoms with Crippen molar-refractivity contribution in [3.63, 3.8) is 0 Å². The van der Waals surface area contributed by atoms with Crippen LogP contribution in [0.2, 0.25) is 0 Å². The third-order valence-electron chi connectivity index (χ3n) is 12.5. The Labute approximate surface area is 384 Å². The number of aryl methyl sites for hydroxylation is 2. The topological polar surface area (TPSA) is 148 Å². The van der Waals surface area contributed by atoms with Crippen molar-refractivity contribution in [2.75, 3.05) is 32.8 Å². The molecular formula is C51H48N6O6S2. The molecule has 2 N–H and O–H groups in total. The summed E-state index contributed by atoms with van der Waals surface area (Å²) in [4.78, 5) is 28.2. The van der Waals surface area contributed by atoms with E-state index in [2.05, 4.69) is 50.6 Å². The second-order valence-electron chi connectivity index (χ2n) is 16.7. The molecule has 12 nitrogen and oxygen atoms in total. The number of nitrogens with zero attached hydrogens (tertiary/aromatic N) is 6. The first kappa shape index (κ1) is 42.3. The summed E-state index contributed by atoms with van der Waals surface area (Å²) >= 11 is 3.19. The second-order valence-corrected chi connectivity index (χ2v) is 19.0. The highest BCUT2D eigenvalue weighted by molar-refractivity contribution is 7.22. The van der Waals surface area contributed by atoms with Crippen LogP contribution in [0.1, 0.15) is 80.3 Å². The lowest BCUT2D eigenvalue weighted by Crippen LogP contribution is -2.36. The van der Waals surface area contributed by atoms with Gasteiger partial charge in [0.2, 0.25) is 0 Å². The van der Waals surface area contributed by atoms with Crippen molar-refractivity contribution >= 4 is 44.3 Å². The number of rotatable bonds is 14. The summed E-state index contributed by atoms with van der Waals surface area (Å²) in [7, 11) is 0. The van der Waals surface area contributed by atoms with Crippen LogP contribution in [0.4, 0.5) is 0 Å². The normalized spacial score (nSPS) is 15.4. The van der Waals surface area contributed by atoms with Gasteiger partial charge in [0.05, 0.1) is 24.9 Å². The van der Waals surface area contributed by atoms with Gasteiger partial charge in [-0.1, -0.05) is 0 Å². The quantitative estimate of drug-likeness (QED) is 0.101. The number of benzene rings is 4. The number of oxazole rings is 1. The maximum Gasteiger partial charge on any atom is 0.196 e. The first-order valence-corrected chi connectivity index (χ1v) is 23.6. The van der Waals surface area contributed by atoms with Crippen molar-refractivity contribution in [2.24, 2.45) is 10.9 Å². The van der Waals surface area contributed by atoms with Gasteiger partial charge in [0.25, 0.3) is 0 Å². The standard InChI is InChI=1S/C51H48N6O6S2/c1-30-31(2)64-51-45(30)47(53-42(29-44-52-21-26-63-44)50-55-54-32(3)57(50)51)34-6-13-39(14-7-34)61-25-20-33-18-22-56(23-19-33)24-27-62-40-15-8-35(9-16-40)48(60)46-41-17-12-38(59)28-43(41)65-49(46)36-4-10-37(58)11-5-36/h4-17,21,26,28,33,42,58-59H,18-20,22-25,27,29H2,1-3H3/t42-/m0/s1. The van der Waals surface area contributed by atoms with E-state index in [9.17, 15) is 15.0 Å². The van der Waals surface area contributed by atoms with Crippen molar-refractivity contribution in [1.82, 2.24) is 24.6 Å². The Hall–Kier alpha value is -6.61. The van der Waals surface area contributed by atoms with Gasteiger partial charge in [-0.25, -0.2) is 4.98 Å². The highest BCUT2D eigenvalue weighted by Crippen LogP contribution is 2.42. The molecule has 0 saturated carbocycles. The van der Waals surface area contributed by atoms with Crippen molar-refractivity contribution in [2.45, 2.75) is 52.5 Å². The molecule has 14 heteroatoms. The van der Waals surface area contributed by atoms with Gasteiger partial charge in [-0.2, -0.15) is 0 Å². The number of carbonyl (C=O) groups is 1. The summed E-state index contributed by atoms with van der Waals surface area (Å²) < 4.78 is 21.0. The zero-order valence-electron chi connectivity index (χ0n) is 36.4. The molecule has 2 aliphatic heterocycles. The van der Waals surface area contributed by atoms with Crippen LogP contribution in [0.5, 0.6) is 23.0 Å². The number of ether oxygens (including phenoxy) is 2. The highest BCUT2D eigenvalue weighted by atomic mass is 32.1. The summed E-state index contributed by atoms with van der Waals surface area (Å²) in [6.07, 6.45) is 6.96. The molecule has 65 heavy (non-hydrogen) atoms. The Morgan fingerprint density at radius 3 is 2.28 bits per heavy atom. The molecule has 0 unspecified atom stereocenters. The molecule has 0 amide bonds. The number of carbonyl (C=O) groups excluding carboxylic acids is 1. The predicted molar refractivity (Wildman–Crippen MR) is 254 cm³/mol. The van der Waals surface area contributed by atoms with Crippen LogP contribution in [0.25, 0.3) is 25.5 Å². The van der Waals surface area contributed by atoms with Gasteiger partial charge in [-0.3, -0.25) is 19.3 Å².